The van der Waals surface area contributed by atoms with Crippen LogP contribution < -0.4 is 10.2 Å². The number of carbonyl (C=O) groups is 2. The number of amides is 1. The van der Waals surface area contributed by atoms with Crippen LogP contribution in [-0.2, 0) is 17.8 Å². The van der Waals surface area contributed by atoms with Gasteiger partial charge in [-0.25, -0.2) is 0 Å². The Labute approximate surface area is 225 Å². The number of carboxylic acid groups (broad SMARTS) is 1. The summed E-state index contributed by atoms with van der Waals surface area (Å²) in [6.45, 7) is 6.30. The molecule has 1 aliphatic heterocycles. The summed E-state index contributed by atoms with van der Waals surface area (Å²) in [5.74, 6) is 0.478. The lowest BCUT2D eigenvalue weighted by molar-refractivity contribution is -0.136. The maximum Gasteiger partial charge on any atom is 0.307 e. The molecule has 2 aliphatic rings. The Morgan fingerprint density at radius 3 is 2.37 bits per heavy atom. The Balaban J connectivity index is 1.46. The maximum absolute atomic E-state index is 12.8. The lowest BCUT2D eigenvalue weighted by Gasteiger charge is -2.43. The van der Waals surface area contributed by atoms with Gasteiger partial charge in [-0.05, 0) is 61.8 Å². The largest absolute Gasteiger partial charge is 0.481 e. The Morgan fingerprint density at radius 2 is 1.66 bits per heavy atom. The molecule has 1 aromatic heterocycles. The normalized spacial score (nSPS) is 19.1. The van der Waals surface area contributed by atoms with Crippen LogP contribution in [0.5, 0.6) is 0 Å². The van der Waals surface area contributed by atoms with Crippen molar-refractivity contribution in [1.29, 1.82) is 0 Å². The van der Waals surface area contributed by atoms with Crippen LogP contribution in [0.1, 0.15) is 65.0 Å². The quantitative estimate of drug-likeness (QED) is 0.410. The molecule has 198 valence electrons. The number of aromatic nitrogens is 1. The molecular weight excluding hydrogens is 474 g/mol. The van der Waals surface area contributed by atoms with Gasteiger partial charge in [-0.15, -0.1) is 0 Å². The zero-order valence-electron chi connectivity index (χ0n) is 22.4. The van der Waals surface area contributed by atoms with Crippen molar-refractivity contribution in [2.24, 2.45) is 11.8 Å². The molecule has 2 aromatic carbocycles. The van der Waals surface area contributed by atoms with Crippen LogP contribution in [0.2, 0.25) is 0 Å². The van der Waals surface area contributed by atoms with Crippen LogP contribution in [0.25, 0.3) is 11.1 Å². The number of aryl methyl sites for hydroxylation is 2. The van der Waals surface area contributed by atoms with Crippen LogP contribution in [-0.4, -0.2) is 35.1 Å². The molecule has 1 saturated heterocycles. The van der Waals surface area contributed by atoms with Gasteiger partial charge in [-0.1, -0.05) is 61.7 Å². The number of fused-ring (bicyclic) bond motifs is 1. The summed E-state index contributed by atoms with van der Waals surface area (Å²) in [5, 5.41) is 12.8. The van der Waals surface area contributed by atoms with E-state index in [0.717, 1.165) is 64.8 Å². The molecular formula is C32H37N3O3. The number of pyridine rings is 1. The Hall–Kier alpha value is -3.67. The first kappa shape index (κ1) is 26.0. The number of benzene rings is 2. The van der Waals surface area contributed by atoms with Gasteiger partial charge in [0.05, 0.1) is 12.1 Å². The highest BCUT2D eigenvalue weighted by molar-refractivity contribution is 5.95. The second-order valence-corrected chi connectivity index (χ2v) is 10.8. The summed E-state index contributed by atoms with van der Waals surface area (Å²) in [6, 6.07) is 17.5. The summed E-state index contributed by atoms with van der Waals surface area (Å²) >= 11 is 0. The summed E-state index contributed by atoms with van der Waals surface area (Å²) in [5.41, 5.74) is 7.08. The molecule has 6 heteroatoms. The number of piperidine rings is 1. The van der Waals surface area contributed by atoms with Gasteiger partial charge >= 0.3 is 5.97 Å². The minimum Gasteiger partial charge on any atom is -0.481 e. The first-order chi connectivity index (χ1) is 18.4. The van der Waals surface area contributed by atoms with Gasteiger partial charge in [0.15, 0.2) is 0 Å². The van der Waals surface area contributed by atoms with Gasteiger partial charge in [-0.2, -0.15) is 0 Å². The van der Waals surface area contributed by atoms with Gasteiger partial charge in [-0.3, -0.25) is 14.6 Å². The Bertz CT molecular complexity index is 1300. The van der Waals surface area contributed by atoms with E-state index < -0.39 is 5.97 Å². The average Bonchev–Trinajstić information content (AvgIpc) is 2.93. The van der Waals surface area contributed by atoms with Crippen molar-refractivity contribution in [1.82, 2.24) is 10.3 Å². The average molecular weight is 512 g/mol. The van der Waals surface area contributed by atoms with E-state index in [4.69, 9.17) is 4.98 Å². The van der Waals surface area contributed by atoms with Crippen molar-refractivity contribution >= 4 is 17.6 Å². The van der Waals surface area contributed by atoms with Gasteiger partial charge in [0.25, 0.3) is 5.91 Å². The number of hydrogen-bond acceptors (Lipinski definition) is 4. The smallest absolute Gasteiger partial charge is 0.307 e. The summed E-state index contributed by atoms with van der Waals surface area (Å²) in [7, 11) is 0. The predicted molar refractivity (Wildman–Crippen MR) is 150 cm³/mol. The summed E-state index contributed by atoms with van der Waals surface area (Å²) in [6.07, 6.45) is 6.28. The third-order valence-corrected chi connectivity index (χ3v) is 8.32. The van der Waals surface area contributed by atoms with Crippen LogP contribution in [0.15, 0.2) is 54.6 Å². The minimum atomic E-state index is -0.844. The molecule has 2 atom stereocenters. The third kappa shape index (κ3) is 5.59. The zero-order valence-corrected chi connectivity index (χ0v) is 22.4. The molecule has 2 N–H and O–H groups in total. The fraction of sp³-hybridized carbons (Fsp3) is 0.406. The van der Waals surface area contributed by atoms with E-state index in [9.17, 15) is 14.7 Å². The van der Waals surface area contributed by atoms with E-state index >= 15 is 0 Å². The fourth-order valence-corrected chi connectivity index (χ4v) is 6.40. The molecule has 38 heavy (non-hydrogen) atoms. The maximum atomic E-state index is 12.8. The molecule has 3 aromatic rings. The molecule has 2 heterocycles. The fourth-order valence-electron chi connectivity index (χ4n) is 6.40. The van der Waals surface area contributed by atoms with Gasteiger partial charge in [0.2, 0.25) is 0 Å². The van der Waals surface area contributed by atoms with Crippen molar-refractivity contribution in [3.05, 3.63) is 82.7 Å². The van der Waals surface area contributed by atoms with E-state index in [-0.39, 0.29) is 12.3 Å². The SMILES string of the molecule is Cc1nc(C)c(-c2ccc(C(=O)NCc3ccccc3)cc2)c(N2CCC3CCCCC3C2)c1CC(=O)O. The molecule has 0 radical (unpaired) electrons. The number of carboxylic acids is 1. The van der Waals surface area contributed by atoms with Crippen molar-refractivity contribution in [2.75, 3.05) is 18.0 Å². The van der Waals surface area contributed by atoms with Crippen molar-refractivity contribution in [3.8, 4) is 11.1 Å². The Morgan fingerprint density at radius 1 is 0.947 bits per heavy atom. The molecule has 2 fully saturated rings. The number of nitrogens with zero attached hydrogens (tertiary/aromatic N) is 2. The van der Waals surface area contributed by atoms with Gasteiger partial charge in [0.1, 0.15) is 0 Å². The summed E-state index contributed by atoms with van der Waals surface area (Å²) < 4.78 is 0. The van der Waals surface area contributed by atoms with Crippen molar-refractivity contribution < 1.29 is 14.7 Å². The number of hydrogen-bond donors (Lipinski definition) is 2. The third-order valence-electron chi connectivity index (χ3n) is 8.32. The van der Waals surface area contributed by atoms with E-state index in [1.165, 1.54) is 25.7 Å². The lowest BCUT2D eigenvalue weighted by atomic mass is 9.75. The highest BCUT2D eigenvalue weighted by atomic mass is 16.4. The highest BCUT2D eigenvalue weighted by Crippen LogP contribution is 2.43. The topological polar surface area (TPSA) is 82.5 Å². The molecule has 1 aliphatic carbocycles. The zero-order chi connectivity index (χ0) is 26.6. The molecule has 0 bridgehead atoms. The lowest BCUT2D eigenvalue weighted by Crippen LogP contribution is -2.42. The molecule has 1 saturated carbocycles. The standard InChI is InChI=1S/C32H37N3O3/c1-21-28(18-29(36)37)31(35-17-16-24-10-6-7-11-27(24)20-35)30(22(2)34-21)25-12-14-26(15-13-25)32(38)33-19-23-8-4-3-5-9-23/h3-5,8-9,12-15,24,27H,6-7,10-11,16-20H2,1-2H3,(H,33,38)(H,36,37). The van der Waals surface area contributed by atoms with Crippen molar-refractivity contribution in [3.63, 3.8) is 0 Å². The Kier molecular flexibility index (Phi) is 7.77. The first-order valence-electron chi connectivity index (χ1n) is 13.8. The number of nitrogens with one attached hydrogen (secondary N) is 1. The molecule has 0 spiro atoms. The molecule has 1 amide bonds. The van der Waals surface area contributed by atoms with E-state index in [2.05, 4.69) is 10.2 Å². The van der Waals surface area contributed by atoms with Gasteiger partial charge in [0, 0.05) is 47.7 Å². The number of anilines is 1. The van der Waals surface area contributed by atoms with E-state index in [0.29, 0.717) is 18.0 Å². The minimum absolute atomic E-state index is 0.0496. The van der Waals surface area contributed by atoms with Crippen molar-refractivity contribution in [2.45, 2.75) is 58.9 Å². The van der Waals surface area contributed by atoms with E-state index in [1.54, 1.807) is 0 Å². The van der Waals surface area contributed by atoms with Crippen LogP contribution in [0, 0.1) is 25.7 Å². The first-order valence-corrected chi connectivity index (χ1v) is 13.8. The second kappa shape index (κ2) is 11.4. The second-order valence-electron chi connectivity index (χ2n) is 10.8. The van der Waals surface area contributed by atoms with Gasteiger partial charge < -0.3 is 15.3 Å². The van der Waals surface area contributed by atoms with Crippen LogP contribution in [0.3, 0.4) is 0 Å². The molecule has 6 nitrogen and oxygen atoms in total. The monoisotopic (exact) mass is 511 g/mol. The van der Waals surface area contributed by atoms with E-state index in [1.807, 2.05) is 68.4 Å². The molecule has 5 rings (SSSR count). The summed E-state index contributed by atoms with van der Waals surface area (Å²) in [4.78, 5) is 31.9. The number of carbonyl (C=O) groups excluding carboxylic acids is 1. The number of rotatable bonds is 7. The van der Waals surface area contributed by atoms with Crippen LogP contribution in [0.4, 0.5) is 5.69 Å². The molecule has 2 unspecified atom stereocenters. The predicted octanol–water partition coefficient (Wildman–Crippen LogP) is 5.94. The highest BCUT2D eigenvalue weighted by Gasteiger charge is 2.34. The number of aliphatic carboxylic acids is 1. The van der Waals surface area contributed by atoms with Crippen LogP contribution >= 0.6 is 0 Å².